The van der Waals surface area contributed by atoms with Gasteiger partial charge in [-0.15, -0.1) is 0 Å². The van der Waals surface area contributed by atoms with Crippen LogP contribution >= 0.6 is 0 Å². The topological polar surface area (TPSA) is 79.9 Å². The molecule has 0 saturated carbocycles. The van der Waals surface area contributed by atoms with Gasteiger partial charge in [-0.3, -0.25) is 9.47 Å². The van der Waals surface area contributed by atoms with Crippen molar-refractivity contribution in [3.63, 3.8) is 0 Å². The molecule has 0 aliphatic carbocycles. The number of benzene rings is 2. The molecule has 0 bridgehead atoms. The second-order valence-electron chi connectivity index (χ2n) is 8.00. The smallest absolute Gasteiger partial charge is 0.326 e. The van der Waals surface area contributed by atoms with Gasteiger partial charge in [-0.25, -0.2) is 9.78 Å². The van der Waals surface area contributed by atoms with Crippen LogP contribution in [0.4, 0.5) is 5.82 Å². The van der Waals surface area contributed by atoms with Gasteiger partial charge in [-0.1, -0.05) is 36.4 Å². The maximum atomic E-state index is 12.7. The van der Waals surface area contributed by atoms with Crippen LogP contribution in [0.5, 0.6) is 0 Å². The van der Waals surface area contributed by atoms with Gasteiger partial charge >= 0.3 is 5.69 Å². The summed E-state index contributed by atoms with van der Waals surface area (Å²) in [5.41, 5.74) is 11.9. The van der Waals surface area contributed by atoms with Gasteiger partial charge in [0.15, 0.2) is 0 Å². The third-order valence-electron chi connectivity index (χ3n) is 5.98. The van der Waals surface area contributed by atoms with Gasteiger partial charge in [0.2, 0.25) is 0 Å². The van der Waals surface area contributed by atoms with E-state index in [2.05, 4.69) is 40.0 Å². The summed E-state index contributed by atoms with van der Waals surface area (Å²) in [5.74, 6) is 0.353. The number of imidazole rings is 1. The normalized spacial score (nSPS) is 14.9. The average Bonchev–Trinajstić information content (AvgIpc) is 3.33. The molecule has 6 nitrogen and oxygen atoms in total. The quantitative estimate of drug-likeness (QED) is 0.562. The third-order valence-corrected chi connectivity index (χ3v) is 5.98. The molecular weight excluding hydrogens is 362 g/mol. The number of pyridine rings is 1. The lowest BCUT2D eigenvalue weighted by atomic mass is 10.0. The van der Waals surface area contributed by atoms with Gasteiger partial charge in [-0.2, -0.15) is 0 Å². The molecule has 2 aromatic carbocycles. The van der Waals surface area contributed by atoms with E-state index >= 15 is 0 Å². The van der Waals surface area contributed by atoms with E-state index in [1.807, 2.05) is 24.3 Å². The number of rotatable bonds is 4. The first-order valence-corrected chi connectivity index (χ1v) is 10.2. The molecule has 4 aromatic rings. The average molecular weight is 387 g/mol. The molecule has 0 radical (unpaired) electrons. The zero-order valence-electron chi connectivity index (χ0n) is 16.6. The summed E-state index contributed by atoms with van der Waals surface area (Å²) >= 11 is 0. The molecule has 1 aliphatic heterocycles. The molecule has 1 saturated heterocycles. The number of aryl methyl sites for hydroxylation is 1. The molecule has 29 heavy (non-hydrogen) atoms. The van der Waals surface area contributed by atoms with Crippen LogP contribution in [0.1, 0.15) is 29.5 Å². The van der Waals surface area contributed by atoms with E-state index in [-0.39, 0.29) is 5.69 Å². The highest BCUT2D eigenvalue weighted by Crippen LogP contribution is 2.26. The lowest BCUT2D eigenvalue weighted by Gasteiger charge is -2.17. The van der Waals surface area contributed by atoms with Crippen molar-refractivity contribution in [2.75, 3.05) is 18.8 Å². The Labute approximate surface area is 169 Å². The number of nitrogens with two attached hydrogens (primary N) is 1. The molecule has 0 amide bonds. The van der Waals surface area contributed by atoms with Gasteiger partial charge in [0.05, 0.1) is 17.6 Å². The van der Waals surface area contributed by atoms with Gasteiger partial charge in [0.25, 0.3) is 0 Å². The zero-order chi connectivity index (χ0) is 20.0. The Morgan fingerprint density at radius 1 is 1.10 bits per heavy atom. The summed E-state index contributed by atoms with van der Waals surface area (Å²) in [6.45, 7) is 6.04. The summed E-state index contributed by atoms with van der Waals surface area (Å²) in [5, 5.41) is 0.928. The number of nitrogens with zero attached hydrogens (tertiary/aromatic N) is 3. The molecule has 1 aliphatic rings. The molecule has 5 rings (SSSR count). The van der Waals surface area contributed by atoms with E-state index in [0.29, 0.717) is 17.9 Å². The SMILES string of the molecule is Cc1cc(Cn2c(=O)[nH]c3c(N)nc4ccccc4c32)ccc1CN1CCCC1. The summed E-state index contributed by atoms with van der Waals surface area (Å²) in [4.78, 5) is 22.6. The maximum absolute atomic E-state index is 12.7. The van der Waals surface area contributed by atoms with Crippen molar-refractivity contribution in [1.82, 2.24) is 19.4 Å². The zero-order valence-corrected chi connectivity index (χ0v) is 16.6. The molecule has 148 valence electrons. The number of hydrogen-bond acceptors (Lipinski definition) is 4. The molecule has 1 fully saturated rings. The minimum atomic E-state index is -0.163. The number of nitrogen functional groups attached to an aromatic ring is 1. The number of aromatic nitrogens is 3. The van der Waals surface area contributed by atoms with Gasteiger partial charge < -0.3 is 10.7 Å². The highest BCUT2D eigenvalue weighted by atomic mass is 16.1. The van der Waals surface area contributed by atoms with Crippen molar-refractivity contribution in [2.24, 2.45) is 0 Å². The van der Waals surface area contributed by atoms with Gasteiger partial charge in [0.1, 0.15) is 11.3 Å². The summed E-state index contributed by atoms with van der Waals surface area (Å²) in [6, 6.07) is 14.3. The summed E-state index contributed by atoms with van der Waals surface area (Å²) in [6.07, 6.45) is 2.60. The lowest BCUT2D eigenvalue weighted by Crippen LogP contribution is -2.19. The largest absolute Gasteiger partial charge is 0.382 e. The number of H-pyrrole nitrogens is 1. The highest BCUT2D eigenvalue weighted by molar-refractivity contribution is 6.06. The Morgan fingerprint density at radius 2 is 1.90 bits per heavy atom. The Kier molecular flexibility index (Phi) is 4.36. The van der Waals surface area contributed by atoms with Crippen LogP contribution in [0.25, 0.3) is 21.9 Å². The van der Waals surface area contributed by atoms with Crippen LogP contribution in [-0.2, 0) is 13.1 Å². The first-order chi connectivity index (χ1) is 14.1. The predicted molar refractivity (Wildman–Crippen MR) is 117 cm³/mol. The number of likely N-dealkylation sites (tertiary alicyclic amines) is 1. The van der Waals surface area contributed by atoms with Crippen molar-refractivity contribution in [3.05, 3.63) is 69.6 Å². The van der Waals surface area contributed by atoms with Crippen LogP contribution < -0.4 is 11.4 Å². The third kappa shape index (κ3) is 3.19. The lowest BCUT2D eigenvalue weighted by molar-refractivity contribution is 0.330. The standard InChI is InChI=1S/C23H25N5O/c1-15-12-16(8-9-17(15)14-27-10-4-5-11-27)13-28-21-18-6-2-3-7-19(18)25-22(24)20(21)26-23(28)29/h2-3,6-9,12H,4-5,10-11,13-14H2,1H3,(H2,24,25)(H,26,29). The fourth-order valence-electron chi connectivity index (χ4n) is 4.44. The van der Waals surface area contributed by atoms with E-state index < -0.39 is 0 Å². The van der Waals surface area contributed by atoms with E-state index in [4.69, 9.17) is 5.73 Å². The predicted octanol–water partition coefficient (Wildman–Crippen LogP) is 3.41. The number of nitrogens with one attached hydrogen (secondary N) is 1. The number of para-hydroxylation sites is 1. The van der Waals surface area contributed by atoms with Crippen molar-refractivity contribution in [2.45, 2.75) is 32.9 Å². The van der Waals surface area contributed by atoms with Gasteiger partial charge in [0, 0.05) is 11.9 Å². The number of anilines is 1. The molecule has 3 heterocycles. The van der Waals surface area contributed by atoms with Crippen LogP contribution in [0, 0.1) is 6.92 Å². The molecular formula is C23H25N5O. The number of aromatic amines is 1. The minimum Gasteiger partial charge on any atom is -0.382 e. The first kappa shape index (κ1) is 17.9. The first-order valence-electron chi connectivity index (χ1n) is 10.2. The van der Waals surface area contributed by atoms with Crippen LogP contribution in [0.15, 0.2) is 47.3 Å². The molecule has 2 aromatic heterocycles. The fraction of sp³-hybridized carbons (Fsp3) is 0.304. The van der Waals surface area contributed by atoms with Crippen LogP contribution in [0.3, 0.4) is 0 Å². The Morgan fingerprint density at radius 3 is 2.69 bits per heavy atom. The minimum absolute atomic E-state index is 0.163. The second kappa shape index (κ2) is 7.04. The Hall–Kier alpha value is -3.12. The van der Waals surface area contributed by atoms with Crippen molar-refractivity contribution in [1.29, 1.82) is 0 Å². The van der Waals surface area contributed by atoms with E-state index in [0.717, 1.165) is 28.5 Å². The monoisotopic (exact) mass is 387 g/mol. The van der Waals surface area contributed by atoms with E-state index in [1.54, 1.807) is 4.57 Å². The molecule has 3 N–H and O–H groups in total. The van der Waals surface area contributed by atoms with E-state index in [9.17, 15) is 4.79 Å². The van der Waals surface area contributed by atoms with Crippen LogP contribution in [0.2, 0.25) is 0 Å². The van der Waals surface area contributed by atoms with Crippen molar-refractivity contribution in [3.8, 4) is 0 Å². The van der Waals surface area contributed by atoms with E-state index in [1.165, 1.54) is 37.1 Å². The highest BCUT2D eigenvalue weighted by Gasteiger charge is 2.16. The number of hydrogen-bond donors (Lipinski definition) is 2. The Balaban J connectivity index is 1.54. The summed E-state index contributed by atoms with van der Waals surface area (Å²) in [7, 11) is 0. The Bertz CT molecular complexity index is 1260. The van der Waals surface area contributed by atoms with Crippen molar-refractivity contribution < 1.29 is 0 Å². The molecule has 0 atom stereocenters. The maximum Gasteiger partial charge on any atom is 0.326 e. The fourth-order valence-corrected chi connectivity index (χ4v) is 4.44. The van der Waals surface area contributed by atoms with Gasteiger partial charge in [-0.05, 0) is 55.6 Å². The summed E-state index contributed by atoms with van der Waals surface area (Å²) < 4.78 is 1.77. The molecule has 0 unspecified atom stereocenters. The molecule has 0 spiro atoms. The van der Waals surface area contributed by atoms with Crippen molar-refractivity contribution >= 4 is 27.8 Å². The second-order valence-corrected chi connectivity index (χ2v) is 8.00. The van der Waals surface area contributed by atoms with Crippen LogP contribution in [-0.4, -0.2) is 32.5 Å². The number of fused-ring (bicyclic) bond motifs is 3. The molecule has 6 heteroatoms.